The minimum absolute atomic E-state index is 0.0881. The summed E-state index contributed by atoms with van der Waals surface area (Å²) in [5.41, 5.74) is 0. The van der Waals surface area contributed by atoms with Gasteiger partial charge in [-0.05, 0) is 12.1 Å². The first-order chi connectivity index (χ1) is 5.75. The summed E-state index contributed by atoms with van der Waals surface area (Å²) in [5, 5.41) is 0. The molecule has 1 aromatic carbocycles. The third-order valence-corrected chi connectivity index (χ3v) is 1.27. The third kappa shape index (κ3) is 1.81. The van der Waals surface area contributed by atoms with E-state index >= 15 is 0 Å². The van der Waals surface area contributed by atoms with Crippen LogP contribution in [0, 0.1) is 11.6 Å². The molecule has 0 bridgehead atoms. The van der Waals surface area contributed by atoms with Gasteiger partial charge in [0.05, 0.1) is 0 Å². The van der Waals surface area contributed by atoms with Gasteiger partial charge in [-0.15, -0.1) is 0 Å². The zero-order valence-electron chi connectivity index (χ0n) is 6.39. The van der Waals surface area contributed by atoms with Crippen LogP contribution < -0.4 is 4.74 Å². The lowest BCUT2D eigenvalue weighted by molar-refractivity contribution is 0.332. The van der Waals surface area contributed by atoms with E-state index in [0.717, 1.165) is 6.07 Å². The van der Waals surface area contributed by atoms with E-state index in [9.17, 15) is 8.78 Å². The lowest BCUT2D eigenvalue weighted by atomic mass is 10.3. The second kappa shape index (κ2) is 3.85. The number of hydrogen-bond acceptors (Lipinski definition) is 1. The van der Waals surface area contributed by atoms with Crippen molar-refractivity contribution in [3.63, 3.8) is 0 Å². The van der Waals surface area contributed by atoms with E-state index in [0.29, 0.717) is 0 Å². The molecule has 0 aliphatic carbocycles. The van der Waals surface area contributed by atoms with Gasteiger partial charge in [-0.2, -0.15) is 4.39 Å². The molecule has 0 amide bonds. The summed E-state index contributed by atoms with van der Waals surface area (Å²) in [6.45, 7) is 3.55. The van der Waals surface area contributed by atoms with Gasteiger partial charge in [0.2, 0.25) is 5.82 Å². The Labute approximate surface area is 69.3 Å². The molecule has 0 saturated heterocycles. The Hall–Kier alpha value is -1.38. The molecule has 1 nitrogen and oxygen atoms in total. The highest BCUT2D eigenvalue weighted by Crippen LogP contribution is 2.18. The smallest absolute Gasteiger partial charge is 0.200 e. The zero-order valence-corrected chi connectivity index (χ0v) is 6.39. The topological polar surface area (TPSA) is 9.23 Å². The van der Waals surface area contributed by atoms with Gasteiger partial charge in [0, 0.05) is 0 Å². The summed E-state index contributed by atoms with van der Waals surface area (Å²) in [7, 11) is 0. The molecule has 64 valence electrons. The van der Waals surface area contributed by atoms with Gasteiger partial charge >= 0.3 is 0 Å². The van der Waals surface area contributed by atoms with E-state index in [1.807, 2.05) is 0 Å². The van der Waals surface area contributed by atoms with Gasteiger partial charge in [0.15, 0.2) is 11.6 Å². The van der Waals surface area contributed by atoms with Crippen molar-refractivity contribution in [3.05, 3.63) is 42.5 Å². The van der Waals surface area contributed by atoms with Crippen molar-refractivity contribution in [1.29, 1.82) is 0 Å². The molecule has 1 aromatic rings. The Morgan fingerprint density at radius 1 is 1.42 bits per heavy atom. The monoisotopic (exact) mass is 170 g/mol. The average molecular weight is 170 g/mol. The summed E-state index contributed by atoms with van der Waals surface area (Å²) in [6.07, 6.45) is 1.46. The standard InChI is InChI=1S/C9H8F2O/c1-2-6-12-8-5-3-4-7(10)9(8)11/h2-5H,1,6H2. The third-order valence-electron chi connectivity index (χ3n) is 1.27. The Bertz CT molecular complexity index is 284. The van der Waals surface area contributed by atoms with Crippen LogP contribution in [0.5, 0.6) is 5.75 Å². The molecular formula is C9H8F2O. The predicted molar refractivity (Wildman–Crippen MR) is 42.1 cm³/mol. The van der Waals surface area contributed by atoms with Crippen LogP contribution in [0.2, 0.25) is 0 Å². The highest BCUT2D eigenvalue weighted by Gasteiger charge is 2.06. The molecule has 0 N–H and O–H groups in total. The van der Waals surface area contributed by atoms with Crippen molar-refractivity contribution in [1.82, 2.24) is 0 Å². The Balaban J connectivity index is 2.84. The van der Waals surface area contributed by atoms with Crippen LogP contribution in [0.1, 0.15) is 0 Å². The first kappa shape index (κ1) is 8.71. The van der Waals surface area contributed by atoms with Crippen LogP contribution >= 0.6 is 0 Å². The normalized spacial score (nSPS) is 9.50. The van der Waals surface area contributed by atoms with Crippen LogP contribution in [0.15, 0.2) is 30.9 Å². The maximum Gasteiger partial charge on any atom is 0.200 e. The summed E-state index contributed by atoms with van der Waals surface area (Å²) in [4.78, 5) is 0. The number of benzene rings is 1. The molecule has 1 rings (SSSR count). The molecule has 0 aliphatic heterocycles. The van der Waals surface area contributed by atoms with E-state index in [2.05, 4.69) is 6.58 Å². The van der Waals surface area contributed by atoms with Crippen LogP contribution in [0.3, 0.4) is 0 Å². The molecule has 0 atom stereocenters. The molecule has 0 radical (unpaired) electrons. The SMILES string of the molecule is C=CCOc1cccc(F)c1F. The molecule has 0 unspecified atom stereocenters. The number of rotatable bonds is 3. The van der Waals surface area contributed by atoms with E-state index in [1.165, 1.54) is 18.2 Å². The van der Waals surface area contributed by atoms with Gasteiger partial charge < -0.3 is 4.74 Å². The van der Waals surface area contributed by atoms with Crippen LogP contribution in [0.4, 0.5) is 8.78 Å². The number of halogens is 2. The van der Waals surface area contributed by atoms with Gasteiger partial charge in [0.25, 0.3) is 0 Å². The maximum atomic E-state index is 12.8. The fourth-order valence-electron chi connectivity index (χ4n) is 0.744. The van der Waals surface area contributed by atoms with Crippen molar-refractivity contribution < 1.29 is 13.5 Å². The van der Waals surface area contributed by atoms with Gasteiger partial charge in [-0.3, -0.25) is 0 Å². The van der Waals surface area contributed by atoms with E-state index in [-0.39, 0.29) is 12.4 Å². The van der Waals surface area contributed by atoms with Crippen molar-refractivity contribution in [2.75, 3.05) is 6.61 Å². The van der Waals surface area contributed by atoms with Crippen LogP contribution in [-0.2, 0) is 0 Å². The minimum atomic E-state index is -0.959. The predicted octanol–water partition coefficient (Wildman–Crippen LogP) is 2.53. The lowest BCUT2D eigenvalue weighted by Crippen LogP contribution is -1.96. The van der Waals surface area contributed by atoms with E-state index in [4.69, 9.17) is 4.74 Å². The largest absolute Gasteiger partial charge is 0.486 e. The average Bonchev–Trinajstić information content (AvgIpc) is 2.08. The summed E-state index contributed by atoms with van der Waals surface area (Å²) >= 11 is 0. The van der Waals surface area contributed by atoms with Crippen molar-refractivity contribution >= 4 is 0 Å². The van der Waals surface area contributed by atoms with Crippen LogP contribution in [0.25, 0.3) is 0 Å². The fourth-order valence-corrected chi connectivity index (χ4v) is 0.744. The van der Waals surface area contributed by atoms with E-state index < -0.39 is 11.6 Å². The lowest BCUT2D eigenvalue weighted by Gasteiger charge is -2.03. The molecule has 0 heterocycles. The Morgan fingerprint density at radius 2 is 2.17 bits per heavy atom. The molecule has 0 spiro atoms. The second-order valence-corrected chi connectivity index (χ2v) is 2.15. The first-order valence-corrected chi connectivity index (χ1v) is 3.43. The fraction of sp³-hybridized carbons (Fsp3) is 0.111. The van der Waals surface area contributed by atoms with Gasteiger partial charge in [-0.25, -0.2) is 4.39 Å². The summed E-state index contributed by atoms with van der Waals surface area (Å²) in [5.74, 6) is -1.95. The number of hydrogen-bond donors (Lipinski definition) is 0. The summed E-state index contributed by atoms with van der Waals surface area (Å²) < 4.78 is 30.2. The first-order valence-electron chi connectivity index (χ1n) is 3.43. The summed E-state index contributed by atoms with van der Waals surface area (Å²) in [6, 6.07) is 3.79. The molecule has 0 aliphatic rings. The minimum Gasteiger partial charge on any atom is -0.486 e. The Morgan fingerprint density at radius 3 is 2.83 bits per heavy atom. The van der Waals surface area contributed by atoms with E-state index in [1.54, 1.807) is 0 Å². The Kier molecular flexibility index (Phi) is 2.80. The van der Waals surface area contributed by atoms with Gasteiger partial charge in [0.1, 0.15) is 6.61 Å². The highest BCUT2D eigenvalue weighted by molar-refractivity contribution is 5.25. The zero-order chi connectivity index (χ0) is 8.97. The second-order valence-electron chi connectivity index (χ2n) is 2.15. The van der Waals surface area contributed by atoms with Crippen molar-refractivity contribution in [3.8, 4) is 5.75 Å². The molecule has 0 saturated carbocycles. The molecule has 0 aromatic heterocycles. The van der Waals surface area contributed by atoms with Crippen molar-refractivity contribution in [2.45, 2.75) is 0 Å². The molecular weight excluding hydrogens is 162 g/mol. The molecule has 3 heteroatoms. The van der Waals surface area contributed by atoms with Gasteiger partial charge in [-0.1, -0.05) is 18.7 Å². The molecule has 12 heavy (non-hydrogen) atoms. The highest BCUT2D eigenvalue weighted by atomic mass is 19.2. The number of ether oxygens (including phenoxy) is 1. The maximum absolute atomic E-state index is 12.8. The quantitative estimate of drug-likeness (QED) is 0.633. The van der Waals surface area contributed by atoms with Crippen LogP contribution in [-0.4, -0.2) is 6.61 Å². The van der Waals surface area contributed by atoms with Crippen molar-refractivity contribution in [2.24, 2.45) is 0 Å². The molecule has 0 fully saturated rings.